The molecule has 108 valence electrons. The molecule has 2 rings (SSSR count). The molecule has 1 aromatic carbocycles. The van der Waals surface area contributed by atoms with Gasteiger partial charge in [-0.25, -0.2) is 0 Å². The van der Waals surface area contributed by atoms with Gasteiger partial charge >= 0.3 is 0 Å². The van der Waals surface area contributed by atoms with Gasteiger partial charge in [-0.1, -0.05) is 30.6 Å². The van der Waals surface area contributed by atoms with Crippen LogP contribution in [0.1, 0.15) is 37.0 Å². The molecule has 0 aliphatic carbocycles. The van der Waals surface area contributed by atoms with Crippen LogP contribution < -0.4 is 10.1 Å². The van der Waals surface area contributed by atoms with Gasteiger partial charge in [0.2, 0.25) is 5.89 Å². The predicted octanol–water partition coefficient (Wildman–Crippen LogP) is 2.85. The average Bonchev–Trinajstić information content (AvgIpc) is 2.87. The van der Waals surface area contributed by atoms with Crippen molar-refractivity contribution in [1.82, 2.24) is 15.5 Å². The van der Waals surface area contributed by atoms with Crippen molar-refractivity contribution >= 4 is 0 Å². The van der Waals surface area contributed by atoms with Crippen LogP contribution in [0.2, 0.25) is 0 Å². The summed E-state index contributed by atoms with van der Waals surface area (Å²) in [5.74, 6) is 2.20. The molecule has 0 saturated carbocycles. The summed E-state index contributed by atoms with van der Waals surface area (Å²) in [6.07, 6.45) is 2.24. The van der Waals surface area contributed by atoms with E-state index < -0.39 is 0 Å². The van der Waals surface area contributed by atoms with Crippen LogP contribution in [0.5, 0.6) is 5.75 Å². The first kappa shape index (κ1) is 14.5. The minimum absolute atomic E-state index is 0.579. The van der Waals surface area contributed by atoms with Gasteiger partial charge in [0, 0.05) is 6.54 Å². The highest BCUT2D eigenvalue weighted by molar-refractivity contribution is 5.27. The highest BCUT2D eigenvalue weighted by atomic mass is 16.5. The monoisotopic (exact) mass is 275 g/mol. The van der Waals surface area contributed by atoms with Gasteiger partial charge in [0.1, 0.15) is 5.75 Å². The van der Waals surface area contributed by atoms with Crippen molar-refractivity contribution in [2.24, 2.45) is 0 Å². The molecule has 2 aromatic rings. The summed E-state index contributed by atoms with van der Waals surface area (Å²) < 4.78 is 10.7. The van der Waals surface area contributed by atoms with E-state index in [1.807, 2.05) is 19.1 Å². The van der Waals surface area contributed by atoms with Gasteiger partial charge in [-0.3, -0.25) is 0 Å². The maximum absolute atomic E-state index is 5.62. The fourth-order valence-corrected chi connectivity index (χ4v) is 1.76. The van der Waals surface area contributed by atoms with Crippen molar-refractivity contribution in [2.45, 2.75) is 39.8 Å². The lowest BCUT2D eigenvalue weighted by molar-refractivity contribution is 0.309. The maximum atomic E-state index is 5.62. The van der Waals surface area contributed by atoms with Crippen LogP contribution in [0.15, 0.2) is 28.8 Å². The second-order valence-corrected chi connectivity index (χ2v) is 4.68. The number of benzene rings is 1. The van der Waals surface area contributed by atoms with Gasteiger partial charge < -0.3 is 14.6 Å². The molecule has 0 fully saturated rings. The number of aromatic nitrogens is 2. The Morgan fingerprint density at radius 1 is 1.20 bits per heavy atom. The minimum atomic E-state index is 0.579. The molecule has 5 nitrogen and oxygen atoms in total. The van der Waals surface area contributed by atoms with Crippen LogP contribution in [0.4, 0.5) is 0 Å². The zero-order chi connectivity index (χ0) is 14.2. The zero-order valence-electron chi connectivity index (χ0n) is 12.1. The van der Waals surface area contributed by atoms with Crippen LogP contribution in [0.25, 0.3) is 0 Å². The lowest BCUT2D eigenvalue weighted by atomic mass is 10.2. The molecule has 0 spiro atoms. The van der Waals surface area contributed by atoms with Crippen LogP contribution >= 0.6 is 0 Å². The fourth-order valence-electron chi connectivity index (χ4n) is 1.76. The SMILES string of the molecule is CCCCOc1ccc(CNCc2nc(C)no2)cc1. The standard InChI is InChI=1S/C15H21N3O2/c1-3-4-9-19-14-7-5-13(6-8-14)10-16-11-15-17-12(2)18-20-15/h5-8,16H,3-4,9-11H2,1-2H3. The Hall–Kier alpha value is -1.88. The summed E-state index contributed by atoms with van der Waals surface area (Å²) in [5, 5.41) is 7.01. The van der Waals surface area contributed by atoms with E-state index in [2.05, 4.69) is 34.5 Å². The third-order valence-electron chi connectivity index (χ3n) is 2.86. The summed E-state index contributed by atoms with van der Waals surface area (Å²) in [5.41, 5.74) is 1.20. The molecule has 5 heteroatoms. The average molecular weight is 275 g/mol. The number of hydrogen-bond acceptors (Lipinski definition) is 5. The van der Waals surface area contributed by atoms with E-state index >= 15 is 0 Å². The molecular formula is C15H21N3O2. The number of nitrogens with one attached hydrogen (secondary N) is 1. The van der Waals surface area contributed by atoms with Crippen molar-refractivity contribution in [3.05, 3.63) is 41.5 Å². The van der Waals surface area contributed by atoms with Crippen molar-refractivity contribution in [2.75, 3.05) is 6.61 Å². The van der Waals surface area contributed by atoms with Crippen LogP contribution in [0.3, 0.4) is 0 Å². The normalized spacial score (nSPS) is 10.7. The number of ether oxygens (including phenoxy) is 1. The van der Waals surface area contributed by atoms with E-state index in [9.17, 15) is 0 Å². The van der Waals surface area contributed by atoms with E-state index in [-0.39, 0.29) is 0 Å². The summed E-state index contributed by atoms with van der Waals surface area (Å²) in [6, 6.07) is 8.13. The van der Waals surface area contributed by atoms with Gasteiger partial charge in [-0.2, -0.15) is 4.98 Å². The molecule has 0 unspecified atom stereocenters. The van der Waals surface area contributed by atoms with E-state index in [1.165, 1.54) is 5.56 Å². The van der Waals surface area contributed by atoms with Gasteiger partial charge in [0.15, 0.2) is 5.82 Å². The van der Waals surface area contributed by atoms with Crippen molar-refractivity contribution in [3.8, 4) is 5.75 Å². The molecule has 0 atom stereocenters. The van der Waals surface area contributed by atoms with Crippen LogP contribution in [-0.2, 0) is 13.1 Å². The van der Waals surface area contributed by atoms with Crippen molar-refractivity contribution in [1.29, 1.82) is 0 Å². The molecule has 0 radical (unpaired) electrons. The number of unbranched alkanes of at least 4 members (excludes halogenated alkanes) is 1. The lowest BCUT2D eigenvalue weighted by Crippen LogP contribution is -2.12. The number of nitrogens with zero attached hydrogens (tertiary/aromatic N) is 2. The Balaban J connectivity index is 1.73. The summed E-state index contributed by atoms with van der Waals surface area (Å²) in [7, 11) is 0. The number of rotatable bonds is 8. The quantitative estimate of drug-likeness (QED) is 0.751. The molecule has 0 bridgehead atoms. The predicted molar refractivity (Wildman–Crippen MR) is 76.4 cm³/mol. The van der Waals surface area contributed by atoms with E-state index in [1.54, 1.807) is 0 Å². The minimum Gasteiger partial charge on any atom is -0.494 e. The summed E-state index contributed by atoms with van der Waals surface area (Å²) >= 11 is 0. The smallest absolute Gasteiger partial charge is 0.240 e. The van der Waals surface area contributed by atoms with E-state index in [4.69, 9.17) is 9.26 Å². The van der Waals surface area contributed by atoms with Gasteiger partial charge in [0.05, 0.1) is 13.2 Å². The molecule has 1 aromatic heterocycles. The third kappa shape index (κ3) is 4.66. The third-order valence-corrected chi connectivity index (χ3v) is 2.86. The lowest BCUT2D eigenvalue weighted by Gasteiger charge is -2.07. The number of hydrogen-bond donors (Lipinski definition) is 1. The fraction of sp³-hybridized carbons (Fsp3) is 0.467. The summed E-state index contributed by atoms with van der Waals surface area (Å²) in [4.78, 5) is 4.14. The molecule has 0 saturated heterocycles. The highest BCUT2D eigenvalue weighted by Crippen LogP contribution is 2.12. The van der Waals surface area contributed by atoms with Crippen molar-refractivity contribution < 1.29 is 9.26 Å². The first-order valence-electron chi connectivity index (χ1n) is 6.99. The molecule has 0 aliphatic heterocycles. The topological polar surface area (TPSA) is 60.2 Å². The van der Waals surface area contributed by atoms with Crippen LogP contribution in [0, 0.1) is 6.92 Å². The summed E-state index contributed by atoms with van der Waals surface area (Å²) in [6.45, 7) is 6.09. The molecule has 1 heterocycles. The Morgan fingerprint density at radius 3 is 2.65 bits per heavy atom. The molecule has 20 heavy (non-hydrogen) atoms. The highest BCUT2D eigenvalue weighted by Gasteiger charge is 2.01. The second-order valence-electron chi connectivity index (χ2n) is 4.68. The Bertz CT molecular complexity index is 508. The van der Waals surface area contributed by atoms with Gasteiger partial charge in [0.25, 0.3) is 0 Å². The second kappa shape index (κ2) is 7.65. The van der Waals surface area contributed by atoms with E-state index in [0.29, 0.717) is 18.3 Å². The maximum Gasteiger partial charge on any atom is 0.240 e. The number of aryl methyl sites for hydroxylation is 1. The van der Waals surface area contributed by atoms with Gasteiger partial charge in [-0.05, 0) is 31.0 Å². The first-order valence-corrected chi connectivity index (χ1v) is 6.99. The van der Waals surface area contributed by atoms with Gasteiger partial charge in [-0.15, -0.1) is 0 Å². The van der Waals surface area contributed by atoms with Crippen LogP contribution in [-0.4, -0.2) is 16.7 Å². The van der Waals surface area contributed by atoms with E-state index in [0.717, 1.165) is 31.7 Å². The molecule has 0 aliphatic rings. The van der Waals surface area contributed by atoms with Crippen molar-refractivity contribution in [3.63, 3.8) is 0 Å². The molecular weight excluding hydrogens is 254 g/mol. The molecule has 1 N–H and O–H groups in total. The Kier molecular flexibility index (Phi) is 5.55. The first-order chi connectivity index (χ1) is 9.78. The Labute approximate surface area is 119 Å². The Morgan fingerprint density at radius 2 is 2.00 bits per heavy atom. The zero-order valence-corrected chi connectivity index (χ0v) is 12.1. The molecule has 0 amide bonds. The largest absolute Gasteiger partial charge is 0.494 e.